The maximum absolute atomic E-state index is 5.26. The summed E-state index contributed by atoms with van der Waals surface area (Å²) in [6.45, 7) is 6.24. The molecule has 1 unspecified atom stereocenters. The number of hydrogen-bond acceptors (Lipinski definition) is 3. The predicted molar refractivity (Wildman–Crippen MR) is 74.5 cm³/mol. The molecule has 3 rings (SSSR count). The standard InChI is InChI=1S/C8H8O2.C7H15N/c1-2-9-8-5-6-3-4-7(8)10-6;1-3-7-5-4-6-8(7)2/h3-5H,2H2,1H3;7H,3-6H2,1-2H3. The Labute approximate surface area is 109 Å². The minimum atomic E-state index is 0.694. The van der Waals surface area contributed by atoms with Crippen molar-refractivity contribution in [2.45, 2.75) is 39.2 Å². The highest BCUT2D eigenvalue weighted by Crippen LogP contribution is 2.28. The second-order valence-corrected chi connectivity index (χ2v) is 4.83. The fourth-order valence-electron chi connectivity index (χ4n) is 2.53. The summed E-state index contributed by atoms with van der Waals surface area (Å²) in [6, 6.07) is 6.65. The van der Waals surface area contributed by atoms with E-state index in [9.17, 15) is 0 Å². The van der Waals surface area contributed by atoms with Gasteiger partial charge in [0.25, 0.3) is 0 Å². The molecular weight excluding hydrogens is 226 g/mol. The molecular formula is C15H23NO2. The van der Waals surface area contributed by atoms with Crippen molar-refractivity contribution in [1.29, 1.82) is 0 Å². The molecule has 0 saturated carbocycles. The molecule has 0 N–H and O–H groups in total. The highest BCUT2D eigenvalue weighted by Gasteiger charge is 2.17. The maximum atomic E-state index is 5.26. The molecule has 100 valence electrons. The van der Waals surface area contributed by atoms with Crippen LogP contribution in [0, 0.1) is 0 Å². The minimum Gasteiger partial charge on any atom is -0.490 e. The Bertz CT molecular complexity index is 451. The molecule has 2 bridgehead atoms. The fourth-order valence-corrected chi connectivity index (χ4v) is 2.53. The summed E-state index contributed by atoms with van der Waals surface area (Å²) in [5.74, 6) is 0.861. The molecule has 2 aromatic rings. The highest BCUT2D eigenvalue weighted by molar-refractivity contribution is 5.69. The summed E-state index contributed by atoms with van der Waals surface area (Å²) in [4.78, 5) is 2.46. The molecule has 0 spiro atoms. The molecule has 18 heavy (non-hydrogen) atoms. The van der Waals surface area contributed by atoms with E-state index in [0.717, 1.165) is 23.0 Å². The van der Waals surface area contributed by atoms with Gasteiger partial charge in [0.1, 0.15) is 5.58 Å². The van der Waals surface area contributed by atoms with Crippen molar-refractivity contribution in [2.24, 2.45) is 0 Å². The van der Waals surface area contributed by atoms with Crippen molar-refractivity contribution in [2.75, 3.05) is 20.2 Å². The van der Waals surface area contributed by atoms with Gasteiger partial charge in [0.15, 0.2) is 11.3 Å². The summed E-state index contributed by atoms with van der Waals surface area (Å²) in [6.07, 6.45) is 4.17. The first-order valence-electron chi connectivity index (χ1n) is 6.89. The molecule has 0 radical (unpaired) electrons. The van der Waals surface area contributed by atoms with Crippen LogP contribution >= 0.6 is 0 Å². The normalized spacial score (nSPS) is 20.1. The first-order chi connectivity index (χ1) is 8.74. The monoisotopic (exact) mass is 249 g/mol. The van der Waals surface area contributed by atoms with E-state index in [0.29, 0.717) is 6.61 Å². The third kappa shape index (κ3) is 2.96. The first kappa shape index (κ1) is 13.2. The molecule has 3 nitrogen and oxygen atoms in total. The topological polar surface area (TPSA) is 25.6 Å². The van der Waals surface area contributed by atoms with E-state index in [-0.39, 0.29) is 0 Å². The third-order valence-corrected chi connectivity index (χ3v) is 3.59. The second kappa shape index (κ2) is 6.10. The van der Waals surface area contributed by atoms with Gasteiger partial charge in [-0.25, -0.2) is 0 Å². The summed E-state index contributed by atoms with van der Waals surface area (Å²) < 4.78 is 10.5. The number of fused-ring (bicyclic) bond motifs is 2. The smallest absolute Gasteiger partial charge is 0.169 e. The van der Waals surface area contributed by atoms with Gasteiger partial charge in [-0.15, -0.1) is 0 Å². The molecule has 2 aromatic heterocycles. The van der Waals surface area contributed by atoms with Crippen LogP contribution in [0.5, 0.6) is 5.75 Å². The summed E-state index contributed by atoms with van der Waals surface area (Å²) in [7, 11) is 2.22. The molecule has 0 aliphatic carbocycles. The Morgan fingerprint density at radius 2 is 2.22 bits per heavy atom. The van der Waals surface area contributed by atoms with Crippen LogP contribution in [0.4, 0.5) is 0 Å². The lowest BCUT2D eigenvalue weighted by atomic mass is 10.2. The highest BCUT2D eigenvalue weighted by atomic mass is 16.5. The van der Waals surface area contributed by atoms with E-state index in [4.69, 9.17) is 9.15 Å². The van der Waals surface area contributed by atoms with Crippen LogP contribution in [0.1, 0.15) is 33.1 Å². The van der Waals surface area contributed by atoms with Crippen molar-refractivity contribution in [1.82, 2.24) is 4.90 Å². The lowest BCUT2D eigenvalue weighted by molar-refractivity contribution is 0.304. The van der Waals surface area contributed by atoms with Gasteiger partial charge in [0.05, 0.1) is 6.61 Å². The van der Waals surface area contributed by atoms with Crippen LogP contribution in [0.15, 0.2) is 22.6 Å². The molecule has 1 aliphatic rings. The number of likely N-dealkylation sites (tertiary alicyclic amines) is 1. The zero-order valence-corrected chi connectivity index (χ0v) is 11.6. The molecule has 1 fully saturated rings. The van der Waals surface area contributed by atoms with Gasteiger partial charge in [-0.1, -0.05) is 6.92 Å². The van der Waals surface area contributed by atoms with Crippen LogP contribution in [-0.4, -0.2) is 31.1 Å². The van der Waals surface area contributed by atoms with Crippen molar-refractivity contribution >= 4 is 11.2 Å². The van der Waals surface area contributed by atoms with E-state index < -0.39 is 0 Å². The molecule has 0 amide bonds. The maximum Gasteiger partial charge on any atom is 0.169 e. The third-order valence-electron chi connectivity index (χ3n) is 3.59. The first-order valence-corrected chi connectivity index (χ1v) is 6.89. The minimum absolute atomic E-state index is 0.694. The molecule has 1 atom stereocenters. The van der Waals surface area contributed by atoms with E-state index in [1.807, 2.05) is 25.1 Å². The van der Waals surface area contributed by atoms with Crippen molar-refractivity contribution in [3.8, 4) is 5.75 Å². The lowest BCUT2D eigenvalue weighted by Crippen LogP contribution is -2.23. The van der Waals surface area contributed by atoms with Gasteiger partial charge in [0, 0.05) is 12.1 Å². The van der Waals surface area contributed by atoms with Crippen LogP contribution in [-0.2, 0) is 0 Å². The van der Waals surface area contributed by atoms with E-state index >= 15 is 0 Å². The van der Waals surface area contributed by atoms with E-state index in [1.54, 1.807) is 0 Å². The Kier molecular flexibility index (Phi) is 4.48. The zero-order chi connectivity index (χ0) is 13.0. The number of nitrogens with zero attached hydrogens (tertiary/aromatic N) is 1. The van der Waals surface area contributed by atoms with Gasteiger partial charge in [-0.3, -0.25) is 0 Å². The SMILES string of the molecule is CCC1CCCN1C.CCOc1cc2ccc1o2. The lowest BCUT2D eigenvalue weighted by Gasteiger charge is -2.16. The number of rotatable bonds is 3. The molecule has 0 aromatic carbocycles. The van der Waals surface area contributed by atoms with Crippen molar-refractivity contribution in [3.05, 3.63) is 18.2 Å². The van der Waals surface area contributed by atoms with E-state index in [1.165, 1.54) is 25.8 Å². The van der Waals surface area contributed by atoms with Gasteiger partial charge in [-0.2, -0.15) is 0 Å². The largest absolute Gasteiger partial charge is 0.490 e. The molecule has 3 heterocycles. The van der Waals surface area contributed by atoms with Gasteiger partial charge in [-0.05, 0) is 51.9 Å². The Balaban J connectivity index is 0.000000138. The average Bonchev–Trinajstić information content (AvgIpc) is 3.06. The number of furan rings is 2. The van der Waals surface area contributed by atoms with Gasteiger partial charge >= 0.3 is 0 Å². The summed E-state index contributed by atoms with van der Waals surface area (Å²) >= 11 is 0. The fraction of sp³-hybridized carbons (Fsp3) is 0.600. The van der Waals surface area contributed by atoms with Gasteiger partial charge < -0.3 is 14.1 Å². The van der Waals surface area contributed by atoms with Crippen LogP contribution < -0.4 is 4.74 Å². The summed E-state index contributed by atoms with van der Waals surface area (Å²) in [5.41, 5.74) is 1.73. The van der Waals surface area contributed by atoms with Crippen LogP contribution in [0.2, 0.25) is 0 Å². The number of hydrogen-bond donors (Lipinski definition) is 0. The van der Waals surface area contributed by atoms with Crippen LogP contribution in [0.25, 0.3) is 11.2 Å². The van der Waals surface area contributed by atoms with Gasteiger partial charge in [0.2, 0.25) is 0 Å². The zero-order valence-electron chi connectivity index (χ0n) is 11.6. The molecule has 1 aliphatic heterocycles. The van der Waals surface area contributed by atoms with Crippen LogP contribution in [0.3, 0.4) is 0 Å². The average molecular weight is 249 g/mol. The second-order valence-electron chi connectivity index (χ2n) is 4.83. The summed E-state index contributed by atoms with van der Waals surface area (Å²) in [5, 5.41) is 0. The molecule has 1 saturated heterocycles. The Morgan fingerprint density at radius 3 is 2.61 bits per heavy atom. The van der Waals surface area contributed by atoms with Crippen molar-refractivity contribution < 1.29 is 9.15 Å². The predicted octanol–water partition coefficient (Wildman–Crippen LogP) is 3.76. The quantitative estimate of drug-likeness (QED) is 0.828. The van der Waals surface area contributed by atoms with Crippen molar-refractivity contribution in [3.63, 3.8) is 0 Å². The molecule has 3 heteroatoms. The number of ether oxygens (including phenoxy) is 1. The number of benzene rings is 1. The Hall–Kier alpha value is -1.22. The Morgan fingerprint density at radius 1 is 1.39 bits per heavy atom. The van der Waals surface area contributed by atoms with E-state index in [2.05, 4.69) is 18.9 Å².